The number of nitrogens with one attached hydrogen (secondary N) is 1. The summed E-state index contributed by atoms with van der Waals surface area (Å²) in [5.74, 6) is 0.211. The molecule has 0 bridgehead atoms. The Morgan fingerprint density at radius 1 is 1.39 bits per heavy atom. The fourth-order valence-corrected chi connectivity index (χ4v) is 2.87. The lowest BCUT2D eigenvalue weighted by atomic mass is 9.91. The van der Waals surface area contributed by atoms with E-state index in [0.717, 1.165) is 32.5 Å². The predicted molar refractivity (Wildman–Crippen MR) is 92.9 cm³/mol. The molecule has 0 aliphatic carbocycles. The van der Waals surface area contributed by atoms with Crippen LogP contribution >= 0.6 is 0 Å². The molecule has 1 aliphatic rings. The summed E-state index contributed by atoms with van der Waals surface area (Å²) < 4.78 is 0. The average Bonchev–Trinajstić information content (AvgIpc) is 2.54. The van der Waals surface area contributed by atoms with Crippen molar-refractivity contribution in [3.05, 3.63) is 35.9 Å². The first-order chi connectivity index (χ1) is 10.9. The minimum atomic E-state index is -0.853. The van der Waals surface area contributed by atoms with Crippen molar-refractivity contribution in [1.82, 2.24) is 10.2 Å². The van der Waals surface area contributed by atoms with Gasteiger partial charge in [-0.15, -0.1) is 0 Å². The minimum Gasteiger partial charge on any atom is -0.388 e. The molecule has 2 rings (SSSR count). The van der Waals surface area contributed by atoms with E-state index in [-0.39, 0.29) is 17.7 Å². The summed E-state index contributed by atoms with van der Waals surface area (Å²) in [7, 11) is 0. The van der Waals surface area contributed by atoms with Gasteiger partial charge in [0.15, 0.2) is 0 Å². The first-order valence-electron chi connectivity index (χ1n) is 8.65. The largest absolute Gasteiger partial charge is 0.388 e. The van der Waals surface area contributed by atoms with E-state index < -0.39 is 5.60 Å². The zero-order valence-electron chi connectivity index (χ0n) is 14.6. The zero-order valence-corrected chi connectivity index (χ0v) is 14.6. The molecule has 128 valence electrons. The second-order valence-electron chi connectivity index (χ2n) is 7.29. The summed E-state index contributed by atoms with van der Waals surface area (Å²) >= 11 is 0. The van der Waals surface area contributed by atoms with Gasteiger partial charge in [-0.3, -0.25) is 9.69 Å². The molecule has 4 heteroatoms. The molecule has 0 radical (unpaired) electrons. The Balaban J connectivity index is 1.84. The number of piperidine rings is 1. The quantitative estimate of drug-likeness (QED) is 0.847. The van der Waals surface area contributed by atoms with E-state index >= 15 is 0 Å². The monoisotopic (exact) mass is 318 g/mol. The molecule has 23 heavy (non-hydrogen) atoms. The molecule has 1 amide bonds. The minimum absolute atomic E-state index is 0.0235. The molecule has 1 aromatic rings. The van der Waals surface area contributed by atoms with Crippen LogP contribution < -0.4 is 5.32 Å². The van der Waals surface area contributed by atoms with Gasteiger partial charge in [0.1, 0.15) is 0 Å². The van der Waals surface area contributed by atoms with Gasteiger partial charge >= 0.3 is 0 Å². The van der Waals surface area contributed by atoms with Gasteiger partial charge in [-0.25, -0.2) is 0 Å². The normalized spacial score (nSPS) is 21.9. The first-order valence-corrected chi connectivity index (χ1v) is 8.65. The van der Waals surface area contributed by atoms with Crippen molar-refractivity contribution in [1.29, 1.82) is 0 Å². The number of hydrogen-bond acceptors (Lipinski definition) is 3. The van der Waals surface area contributed by atoms with E-state index in [1.807, 2.05) is 19.9 Å². The second kappa shape index (κ2) is 7.93. The third kappa shape index (κ3) is 5.33. The highest BCUT2D eigenvalue weighted by molar-refractivity contribution is 5.79. The van der Waals surface area contributed by atoms with Gasteiger partial charge in [0, 0.05) is 19.6 Å². The van der Waals surface area contributed by atoms with Gasteiger partial charge in [-0.2, -0.15) is 0 Å². The molecule has 2 unspecified atom stereocenters. The predicted octanol–water partition coefficient (Wildman–Crippen LogP) is 2.42. The van der Waals surface area contributed by atoms with E-state index in [2.05, 4.69) is 34.5 Å². The van der Waals surface area contributed by atoms with Crippen molar-refractivity contribution in [3.8, 4) is 0 Å². The molecule has 1 aliphatic heterocycles. The lowest BCUT2D eigenvalue weighted by Gasteiger charge is -2.33. The molecule has 2 atom stereocenters. The van der Waals surface area contributed by atoms with Crippen LogP contribution in [0, 0.1) is 11.8 Å². The van der Waals surface area contributed by atoms with Crippen molar-refractivity contribution >= 4 is 5.91 Å². The number of nitrogens with zero attached hydrogens (tertiary/aromatic N) is 1. The van der Waals surface area contributed by atoms with Gasteiger partial charge in [0.25, 0.3) is 0 Å². The van der Waals surface area contributed by atoms with Gasteiger partial charge in [-0.05, 0) is 37.8 Å². The molecule has 0 saturated carbocycles. The second-order valence-corrected chi connectivity index (χ2v) is 7.29. The first kappa shape index (κ1) is 18.0. The van der Waals surface area contributed by atoms with Crippen molar-refractivity contribution in [2.24, 2.45) is 11.8 Å². The van der Waals surface area contributed by atoms with Crippen LogP contribution in [0.15, 0.2) is 30.3 Å². The van der Waals surface area contributed by atoms with Gasteiger partial charge < -0.3 is 10.4 Å². The number of rotatable bonds is 6. The van der Waals surface area contributed by atoms with Gasteiger partial charge in [0.05, 0.1) is 11.5 Å². The van der Waals surface area contributed by atoms with Crippen molar-refractivity contribution in [2.45, 2.75) is 45.8 Å². The van der Waals surface area contributed by atoms with E-state index in [9.17, 15) is 9.90 Å². The Kier molecular flexibility index (Phi) is 6.19. The molecule has 1 heterocycles. The Labute approximate surface area is 139 Å². The maximum Gasteiger partial charge on any atom is 0.224 e. The smallest absolute Gasteiger partial charge is 0.224 e. The summed E-state index contributed by atoms with van der Waals surface area (Å²) in [6.07, 6.45) is 1.98. The van der Waals surface area contributed by atoms with E-state index in [4.69, 9.17) is 0 Å². The van der Waals surface area contributed by atoms with Crippen LogP contribution in [-0.2, 0) is 11.3 Å². The van der Waals surface area contributed by atoms with Crippen LogP contribution in [0.25, 0.3) is 0 Å². The number of benzene rings is 1. The Bertz CT molecular complexity index is 499. The molecular weight excluding hydrogens is 288 g/mol. The number of hydrogen-bond donors (Lipinski definition) is 2. The van der Waals surface area contributed by atoms with E-state index in [1.165, 1.54) is 5.56 Å². The Hall–Kier alpha value is -1.39. The van der Waals surface area contributed by atoms with Crippen molar-refractivity contribution in [3.63, 3.8) is 0 Å². The van der Waals surface area contributed by atoms with E-state index in [1.54, 1.807) is 6.92 Å². The highest BCUT2D eigenvalue weighted by Gasteiger charge is 2.29. The summed E-state index contributed by atoms with van der Waals surface area (Å²) in [6, 6.07) is 10.4. The van der Waals surface area contributed by atoms with Gasteiger partial charge in [-0.1, -0.05) is 44.2 Å². The third-order valence-corrected chi connectivity index (χ3v) is 4.99. The Morgan fingerprint density at radius 3 is 2.74 bits per heavy atom. The summed E-state index contributed by atoms with van der Waals surface area (Å²) in [5, 5.41) is 13.2. The third-order valence-electron chi connectivity index (χ3n) is 4.99. The van der Waals surface area contributed by atoms with Crippen LogP contribution in [0.3, 0.4) is 0 Å². The highest BCUT2D eigenvalue weighted by Crippen LogP contribution is 2.20. The molecule has 0 aromatic heterocycles. The molecule has 1 aromatic carbocycles. The number of carbonyl (C=O) groups is 1. The number of amides is 1. The van der Waals surface area contributed by atoms with Crippen LogP contribution in [-0.4, -0.2) is 41.1 Å². The fraction of sp³-hybridized carbons (Fsp3) is 0.632. The summed E-state index contributed by atoms with van der Waals surface area (Å²) in [6.45, 7) is 8.77. The van der Waals surface area contributed by atoms with Crippen LogP contribution in [0.2, 0.25) is 0 Å². The molecule has 2 N–H and O–H groups in total. The molecule has 1 fully saturated rings. The fourth-order valence-electron chi connectivity index (χ4n) is 2.87. The maximum absolute atomic E-state index is 12.4. The number of carbonyl (C=O) groups excluding carboxylic acids is 1. The lowest BCUT2D eigenvalue weighted by Crippen LogP contribution is -2.48. The van der Waals surface area contributed by atoms with Gasteiger partial charge in [0.2, 0.25) is 5.91 Å². The SMILES string of the molecule is CC(C)C(C)(O)CNC(=O)C1CCCN(Cc2ccccc2)C1. The molecule has 4 nitrogen and oxygen atoms in total. The van der Waals surface area contributed by atoms with Crippen LogP contribution in [0.1, 0.15) is 39.2 Å². The number of likely N-dealkylation sites (tertiary alicyclic amines) is 1. The summed E-state index contributed by atoms with van der Waals surface area (Å²) in [5.41, 5.74) is 0.435. The standard InChI is InChI=1S/C19H30N2O2/c1-15(2)19(3,23)14-20-18(22)17-10-7-11-21(13-17)12-16-8-5-4-6-9-16/h4-6,8-9,15,17,23H,7,10-14H2,1-3H3,(H,20,22). The summed E-state index contributed by atoms with van der Waals surface area (Å²) in [4.78, 5) is 14.8. The van der Waals surface area contributed by atoms with Crippen LogP contribution in [0.4, 0.5) is 0 Å². The highest BCUT2D eigenvalue weighted by atomic mass is 16.3. The number of aliphatic hydroxyl groups is 1. The Morgan fingerprint density at radius 2 is 2.09 bits per heavy atom. The molecular formula is C19H30N2O2. The molecule has 1 saturated heterocycles. The van der Waals surface area contributed by atoms with E-state index in [0.29, 0.717) is 6.54 Å². The topological polar surface area (TPSA) is 52.6 Å². The van der Waals surface area contributed by atoms with Crippen LogP contribution in [0.5, 0.6) is 0 Å². The van der Waals surface area contributed by atoms with Crippen molar-refractivity contribution in [2.75, 3.05) is 19.6 Å². The average molecular weight is 318 g/mol. The maximum atomic E-state index is 12.4. The van der Waals surface area contributed by atoms with Crippen molar-refractivity contribution < 1.29 is 9.90 Å². The molecule has 0 spiro atoms. The zero-order chi connectivity index (χ0) is 16.9. The lowest BCUT2D eigenvalue weighted by molar-refractivity contribution is -0.128.